The Morgan fingerprint density at radius 2 is 1.95 bits per heavy atom. The van der Waals surface area contributed by atoms with Crippen molar-refractivity contribution in [2.75, 3.05) is 37.4 Å². The van der Waals surface area contributed by atoms with Crippen LogP contribution < -0.4 is 20.1 Å². The first kappa shape index (κ1) is 25.8. The number of hydrogen-bond donors (Lipinski definition) is 2. The number of carbonyl (C=O) groups excluding carboxylic acids is 1. The second-order valence-corrected chi connectivity index (χ2v) is 9.78. The molecule has 3 aromatic rings. The summed E-state index contributed by atoms with van der Waals surface area (Å²) in [7, 11) is 1.44. The Morgan fingerprint density at radius 3 is 2.63 bits per heavy atom. The van der Waals surface area contributed by atoms with Crippen LogP contribution in [0.3, 0.4) is 0 Å². The average Bonchev–Trinajstić information content (AvgIpc) is 2.90. The maximum Gasteiger partial charge on any atom is 0.318 e. The predicted molar refractivity (Wildman–Crippen MR) is 139 cm³/mol. The Bertz CT molecular complexity index is 1310. The van der Waals surface area contributed by atoms with Crippen LogP contribution in [0, 0.1) is 24.5 Å². The number of ether oxygens (including phenoxy) is 2. The van der Waals surface area contributed by atoms with Gasteiger partial charge in [0, 0.05) is 24.7 Å². The molecule has 0 radical (unpaired) electrons. The Labute approximate surface area is 220 Å². The number of carbonyl (C=O) groups is 1. The van der Waals surface area contributed by atoms with Gasteiger partial charge >= 0.3 is 6.01 Å². The summed E-state index contributed by atoms with van der Waals surface area (Å²) < 4.78 is 39.9. The molecular formula is C28H31F2N5O3. The van der Waals surface area contributed by atoms with Crippen molar-refractivity contribution in [3.8, 4) is 11.8 Å². The van der Waals surface area contributed by atoms with Gasteiger partial charge in [-0.25, -0.2) is 8.78 Å². The number of hydrogen-bond acceptors (Lipinski definition) is 7. The number of aromatic nitrogens is 2. The fourth-order valence-electron chi connectivity index (χ4n) is 5.07. The zero-order chi connectivity index (χ0) is 26.6. The minimum atomic E-state index is -0.413. The molecular weight excluding hydrogens is 492 g/mol. The van der Waals surface area contributed by atoms with Gasteiger partial charge in [0.05, 0.1) is 19.2 Å². The highest BCUT2D eigenvalue weighted by Gasteiger charge is 2.35. The normalized spacial score (nSPS) is 20.2. The van der Waals surface area contributed by atoms with Gasteiger partial charge in [0.15, 0.2) is 5.82 Å². The van der Waals surface area contributed by atoms with E-state index >= 15 is 4.39 Å². The lowest BCUT2D eigenvalue weighted by Crippen LogP contribution is -2.52. The molecule has 10 heteroatoms. The lowest BCUT2D eigenvalue weighted by Gasteiger charge is -2.44. The summed E-state index contributed by atoms with van der Waals surface area (Å²) in [6.45, 7) is 4.93. The average molecular weight is 524 g/mol. The molecule has 0 unspecified atom stereocenters. The van der Waals surface area contributed by atoms with E-state index < -0.39 is 11.6 Å². The first-order valence-corrected chi connectivity index (χ1v) is 12.8. The monoisotopic (exact) mass is 523 g/mol. The zero-order valence-corrected chi connectivity index (χ0v) is 21.5. The predicted octanol–water partition coefficient (Wildman–Crippen LogP) is 4.34. The molecule has 8 nitrogen and oxygen atoms in total. The third kappa shape index (κ3) is 6.02. The van der Waals surface area contributed by atoms with Crippen LogP contribution in [-0.4, -0.2) is 53.6 Å². The van der Waals surface area contributed by atoms with Crippen LogP contribution in [0.1, 0.15) is 29.7 Å². The number of nitrogens with zero attached hydrogens (tertiary/aromatic N) is 3. The van der Waals surface area contributed by atoms with Crippen molar-refractivity contribution < 1.29 is 23.0 Å². The van der Waals surface area contributed by atoms with Crippen molar-refractivity contribution in [3.63, 3.8) is 0 Å². The second-order valence-electron chi connectivity index (χ2n) is 9.78. The van der Waals surface area contributed by atoms with Gasteiger partial charge in [-0.05, 0) is 62.5 Å². The van der Waals surface area contributed by atoms with Gasteiger partial charge in [-0.15, -0.1) is 0 Å². The van der Waals surface area contributed by atoms with E-state index in [0.29, 0.717) is 34.2 Å². The van der Waals surface area contributed by atoms with Gasteiger partial charge in [-0.2, -0.15) is 9.97 Å². The molecule has 3 aliphatic rings. The first-order valence-electron chi connectivity index (χ1n) is 12.8. The number of halogens is 2. The molecule has 3 fully saturated rings. The number of benzene rings is 2. The third-order valence-corrected chi connectivity index (χ3v) is 7.12. The Morgan fingerprint density at radius 1 is 1.13 bits per heavy atom. The summed E-state index contributed by atoms with van der Waals surface area (Å²) in [5, 5.41) is 5.89. The number of methoxy groups -OCH3 is 1. The molecule has 4 heterocycles. The van der Waals surface area contributed by atoms with E-state index in [0.717, 1.165) is 32.5 Å². The van der Waals surface area contributed by atoms with E-state index in [1.165, 1.54) is 25.3 Å². The van der Waals surface area contributed by atoms with Crippen molar-refractivity contribution in [2.45, 2.75) is 38.8 Å². The highest BCUT2D eigenvalue weighted by molar-refractivity contribution is 5.95. The lowest BCUT2D eigenvalue weighted by molar-refractivity contribution is -0.115. The molecule has 1 atom stereocenters. The van der Waals surface area contributed by atoms with Gasteiger partial charge < -0.3 is 20.1 Å². The SMILES string of the molecule is COc1nc(C)c(NC(=O)Cc2cccc(F)c2)c(NCc2ccc(O[C@@H]3CN4CCC3CC4)cc2F)n1. The highest BCUT2D eigenvalue weighted by Crippen LogP contribution is 2.31. The molecule has 1 amide bonds. The molecule has 2 bridgehead atoms. The van der Waals surface area contributed by atoms with Crippen molar-refractivity contribution in [3.05, 3.63) is 70.9 Å². The Kier molecular flexibility index (Phi) is 7.69. The fourth-order valence-corrected chi connectivity index (χ4v) is 5.07. The van der Waals surface area contributed by atoms with Crippen LogP contribution in [0.4, 0.5) is 20.3 Å². The maximum absolute atomic E-state index is 15.0. The number of aryl methyl sites for hydroxylation is 1. The van der Waals surface area contributed by atoms with Crippen LogP contribution in [0.15, 0.2) is 42.5 Å². The quantitative estimate of drug-likeness (QED) is 0.431. The van der Waals surface area contributed by atoms with Crippen LogP contribution >= 0.6 is 0 Å². The molecule has 2 N–H and O–H groups in total. The van der Waals surface area contributed by atoms with Crippen molar-refractivity contribution in [1.82, 2.24) is 14.9 Å². The molecule has 3 saturated heterocycles. The van der Waals surface area contributed by atoms with Crippen molar-refractivity contribution in [1.29, 1.82) is 0 Å². The largest absolute Gasteiger partial charge is 0.489 e. The molecule has 38 heavy (non-hydrogen) atoms. The summed E-state index contributed by atoms with van der Waals surface area (Å²) in [6.07, 6.45) is 2.31. The molecule has 0 saturated carbocycles. The maximum atomic E-state index is 15.0. The molecule has 0 aliphatic carbocycles. The zero-order valence-electron chi connectivity index (χ0n) is 21.5. The number of rotatable bonds is 9. The van der Waals surface area contributed by atoms with Crippen molar-refractivity contribution >= 4 is 17.4 Å². The molecule has 2 aromatic carbocycles. The summed E-state index contributed by atoms with van der Waals surface area (Å²) >= 11 is 0. The van der Waals surface area contributed by atoms with Crippen LogP contribution in [0.2, 0.25) is 0 Å². The van der Waals surface area contributed by atoms with E-state index in [-0.39, 0.29) is 36.8 Å². The van der Waals surface area contributed by atoms with Crippen molar-refractivity contribution in [2.24, 2.45) is 5.92 Å². The minimum Gasteiger partial charge on any atom is -0.489 e. The molecule has 200 valence electrons. The van der Waals surface area contributed by atoms with Gasteiger partial charge in [0.2, 0.25) is 5.91 Å². The van der Waals surface area contributed by atoms with Gasteiger partial charge in [-0.3, -0.25) is 9.69 Å². The summed E-state index contributed by atoms with van der Waals surface area (Å²) in [4.78, 5) is 23.7. The van der Waals surface area contributed by atoms with E-state index in [1.54, 1.807) is 31.2 Å². The lowest BCUT2D eigenvalue weighted by atomic mass is 9.86. The van der Waals surface area contributed by atoms with Crippen LogP contribution in [0.25, 0.3) is 0 Å². The topological polar surface area (TPSA) is 88.6 Å². The standard InChI is InChI=1S/C28H31F2N5O3/c1-17-26(33-25(36)13-18-4-3-5-21(29)12-18)27(34-28(32-17)37-2)31-15-20-6-7-22(14-23(20)30)38-24-16-35-10-8-19(24)9-11-35/h3-7,12,14,19,24H,8-11,13,15-16H2,1-2H3,(H,33,36)(H,31,32,34)/t24-/m1/s1. The molecule has 3 aliphatic heterocycles. The van der Waals surface area contributed by atoms with E-state index in [4.69, 9.17) is 9.47 Å². The van der Waals surface area contributed by atoms with Crippen LogP contribution in [0.5, 0.6) is 11.8 Å². The first-order chi connectivity index (χ1) is 18.4. The second kappa shape index (κ2) is 11.3. The number of fused-ring (bicyclic) bond motifs is 3. The molecule has 6 rings (SSSR count). The Hall–Kier alpha value is -3.79. The van der Waals surface area contributed by atoms with Gasteiger partial charge in [0.1, 0.15) is 29.2 Å². The number of anilines is 2. The van der Waals surface area contributed by atoms with E-state index in [9.17, 15) is 9.18 Å². The van der Waals surface area contributed by atoms with Crippen LogP contribution in [-0.2, 0) is 17.8 Å². The van der Waals surface area contributed by atoms with E-state index in [1.807, 2.05) is 0 Å². The number of nitrogens with one attached hydrogen (secondary N) is 2. The smallest absolute Gasteiger partial charge is 0.318 e. The number of amides is 1. The fraction of sp³-hybridized carbons (Fsp3) is 0.393. The number of piperidine rings is 3. The molecule has 1 aromatic heterocycles. The van der Waals surface area contributed by atoms with Gasteiger partial charge in [-0.1, -0.05) is 18.2 Å². The minimum absolute atomic E-state index is 0.0294. The Balaban J connectivity index is 1.27. The summed E-state index contributed by atoms with van der Waals surface area (Å²) in [5.41, 5.74) is 1.76. The van der Waals surface area contributed by atoms with E-state index in [2.05, 4.69) is 25.5 Å². The molecule has 0 spiro atoms. The summed E-state index contributed by atoms with van der Waals surface area (Å²) in [5.74, 6) is 0.157. The third-order valence-electron chi connectivity index (χ3n) is 7.12. The highest BCUT2D eigenvalue weighted by atomic mass is 19.1. The van der Waals surface area contributed by atoms with Gasteiger partial charge in [0.25, 0.3) is 0 Å². The summed E-state index contributed by atoms with van der Waals surface area (Å²) in [6, 6.07) is 10.8.